The van der Waals surface area contributed by atoms with Crippen molar-refractivity contribution in [3.8, 4) is 5.75 Å². The molecule has 0 radical (unpaired) electrons. The van der Waals surface area contributed by atoms with Gasteiger partial charge in [-0.3, -0.25) is 14.5 Å². The van der Waals surface area contributed by atoms with Crippen molar-refractivity contribution >= 4 is 29.1 Å². The molecule has 1 aliphatic heterocycles. The SMILES string of the molecule is CC(C)(Oc1ccc(Cl)cc1)C(=O)Nc1cccc(CN2CCCC2C(N)=O)c1. The fourth-order valence-corrected chi connectivity index (χ4v) is 3.57. The smallest absolute Gasteiger partial charge is 0.267 e. The number of nitrogens with zero attached hydrogens (tertiary/aromatic N) is 1. The van der Waals surface area contributed by atoms with E-state index in [4.69, 9.17) is 22.1 Å². The lowest BCUT2D eigenvalue weighted by Gasteiger charge is -2.26. The van der Waals surface area contributed by atoms with Crippen LogP contribution >= 0.6 is 11.6 Å². The summed E-state index contributed by atoms with van der Waals surface area (Å²) >= 11 is 5.89. The minimum absolute atomic E-state index is 0.222. The second-order valence-corrected chi connectivity index (χ2v) is 8.19. The average Bonchev–Trinajstić information content (AvgIpc) is 3.12. The molecule has 3 rings (SSSR count). The Morgan fingerprint density at radius 1 is 1.24 bits per heavy atom. The molecule has 154 valence electrons. The van der Waals surface area contributed by atoms with Gasteiger partial charge in [0.1, 0.15) is 5.75 Å². The van der Waals surface area contributed by atoms with E-state index in [1.165, 1.54) is 0 Å². The maximum Gasteiger partial charge on any atom is 0.267 e. The second-order valence-electron chi connectivity index (χ2n) is 7.75. The molecule has 1 heterocycles. The summed E-state index contributed by atoms with van der Waals surface area (Å²) < 4.78 is 5.84. The summed E-state index contributed by atoms with van der Waals surface area (Å²) in [6.45, 7) is 4.87. The van der Waals surface area contributed by atoms with Crippen molar-refractivity contribution in [2.75, 3.05) is 11.9 Å². The molecular weight excluding hydrogens is 390 g/mol. The first-order valence-corrected chi connectivity index (χ1v) is 10.0. The van der Waals surface area contributed by atoms with E-state index in [-0.39, 0.29) is 17.9 Å². The van der Waals surface area contributed by atoms with Crippen LogP contribution in [0.4, 0.5) is 5.69 Å². The maximum atomic E-state index is 12.8. The lowest BCUT2D eigenvalue weighted by molar-refractivity contribution is -0.128. The molecule has 2 amide bonds. The standard InChI is InChI=1S/C22H26ClN3O3/c1-22(2,29-18-10-8-16(23)9-11-18)21(28)25-17-6-3-5-15(13-17)14-26-12-4-7-19(26)20(24)27/h3,5-6,8-11,13,19H,4,7,12,14H2,1-2H3,(H2,24,27)(H,25,28). The third-order valence-corrected chi connectivity index (χ3v) is 5.25. The molecule has 1 saturated heterocycles. The number of nitrogens with two attached hydrogens (primary N) is 1. The molecule has 0 saturated carbocycles. The lowest BCUT2D eigenvalue weighted by atomic mass is 10.1. The predicted octanol–water partition coefficient (Wildman–Crippen LogP) is 3.59. The van der Waals surface area contributed by atoms with Gasteiger partial charge in [0.2, 0.25) is 5.91 Å². The van der Waals surface area contributed by atoms with Crippen molar-refractivity contribution in [1.29, 1.82) is 0 Å². The van der Waals surface area contributed by atoms with Crippen LogP contribution in [-0.4, -0.2) is 34.9 Å². The first kappa shape index (κ1) is 21.1. The van der Waals surface area contributed by atoms with Crippen molar-refractivity contribution in [2.45, 2.75) is 44.9 Å². The zero-order valence-corrected chi connectivity index (χ0v) is 17.4. The largest absolute Gasteiger partial charge is 0.478 e. The van der Waals surface area contributed by atoms with E-state index in [1.54, 1.807) is 38.1 Å². The minimum atomic E-state index is -1.07. The van der Waals surface area contributed by atoms with E-state index >= 15 is 0 Å². The quantitative estimate of drug-likeness (QED) is 0.723. The fraction of sp³-hybridized carbons (Fsp3) is 0.364. The molecule has 1 aliphatic rings. The summed E-state index contributed by atoms with van der Waals surface area (Å²) in [7, 11) is 0. The Labute approximate surface area is 176 Å². The van der Waals surface area contributed by atoms with Crippen LogP contribution in [-0.2, 0) is 16.1 Å². The number of likely N-dealkylation sites (tertiary alicyclic amines) is 1. The van der Waals surface area contributed by atoms with Gasteiger partial charge in [-0.15, -0.1) is 0 Å². The molecule has 7 heteroatoms. The van der Waals surface area contributed by atoms with Gasteiger partial charge >= 0.3 is 0 Å². The third kappa shape index (κ3) is 5.49. The van der Waals surface area contributed by atoms with Gasteiger partial charge in [0.25, 0.3) is 5.91 Å². The van der Waals surface area contributed by atoms with Gasteiger partial charge in [-0.2, -0.15) is 0 Å². The molecule has 0 aliphatic carbocycles. The zero-order chi connectivity index (χ0) is 21.0. The van der Waals surface area contributed by atoms with Crippen LogP contribution in [0.25, 0.3) is 0 Å². The van der Waals surface area contributed by atoms with Crippen LogP contribution < -0.4 is 15.8 Å². The summed E-state index contributed by atoms with van der Waals surface area (Å²) in [5.41, 5.74) is 6.11. The summed E-state index contributed by atoms with van der Waals surface area (Å²) in [4.78, 5) is 26.4. The molecule has 1 fully saturated rings. The van der Waals surface area contributed by atoms with E-state index < -0.39 is 5.60 Å². The van der Waals surface area contributed by atoms with Crippen LogP contribution in [0.15, 0.2) is 48.5 Å². The van der Waals surface area contributed by atoms with Crippen molar-refractivity contribution in [3.63, 3.8) is 0 Å². The molecule has 2 aromatic rings. The molecule has 29 heavy (non-hydrogen) atoms. The number of halogens is 1. The number of benzene rings is 2. The van der Waals surface area contributed by atoms with Crippen LogP contribution in [0.2, 0.25) is 5.02 Å². The number of carbonyl (C=O) groups excluding carboxylic acids is 2. The van der Waals surface area contributed by atoms with Gasteiger partial charge in [0.15, 0.2) is 5.60 Å². The summed E-state index contributed by atoms with van der Waals surface area (Å²) in [6, 6.07) is 14.3. The third-order valence-electron chi connectivity index (χ3n) is 5.00. The Morgan fingerprint density at radius 3 is 2.66 bits per heavy atom. The monoisotopic (exact) mass is 415 g/mol. The highest BCUT2D eigenvalue weighted by Crippen LogP contribution is 2.24. The van der Waals surface area contributed by atoms with Gasteiger partial charge in [-0.25, -0.2) is 0 Å². The molecular formula is C22H26ClN3O3. The van der Waals surface area contributed by atoms with Crippen molar-refractivity contribution in [3.05, 3.63) is 59.1 Å². The number of nitrogens with one attached hydrogen (secondary N) is 1. The predicted molar refractivity (Wildman–Crippen MR) is 114 cm³/mol. The van der Waals surface area contributed by atoms with Crippen molar-refractivity contribution < 1.29 is 14.3 Å². The van der Waals surface area contributed by atoms with Gasteiger partial charge < -0.3 is 15.8 Å². The van der Waals surface area contributed by atoms with Crippen LogP contribution in [0.1, 0.15) is 32.3 Å². The van der Waals surface area contributed by atoms with Gasteiger partial charge in [0.05, 0.1) is 6.04 Å². The molecule has 2 aromatic carbocycles. The first-order valence-electron chi connectivity index (χ1n) is 9.63. The maximum absolute atomic E-state index is 12.8. The minimum Gasteiger partial charge on any atom is -0.478 e. The Morgan fingerprint density at radius 2 is 1.97 bits per heavy atom. The number of carbonyl (C=O) groups is 2. The van der Waals surface area contributed by atoms with Gasteiger partial charge in [0, 0.05) is 17.3 Å². The number of ether oxygens (including phenoxy) is 1. The van der Waals surface area contributed by atoms with Crippen molar-refractivity contribution in [2.24, 2.45) is 5.73 Å². The zero-order valence-electron chi connectivity index (χ0n) is 16.7. The highest BCUT2D eigenvalue weighted by molar-refractivity contribution is 6.30. The van der Waals surface area contributed by atoms with Crippen LogP contribution in [0.5, 0.6) is 5.75 Å². The molecule has 0 aromatic heterocycles. The van der Waals surface area contributed by atoms with Gasteiger partial charge in [-0.05, 0) is 75.2 Å². The second kappa shape index (κ2) is 8.84. The number of hydrogen-bond acceptors (Lipinski definition) is 4. The number of amides is 2. The molecule has 1 unspecified atom stereocenters. The van der Waals surface area contributed by atoms with E-state index in [1.807, 2.05) is 24.3 Å². The Kier molecular flexibility index (Phi) is 6.45. The van der Waals surface area contributed by atoms with Crippen LogP contribution in [0, 0.1) is 0 Å². The molecule has 3 N–H and O–H groups in total. The highest BCUT2D eigenvalue weighted by Gasteiger charge is 2.31. The average molecular weight is 416 g/mol. The van der Waals surface area contributed by atoms with E-state index in [2.05, 4.69) is 10.2 Å². The number of hydrogen-bond donors (Lipinski definition) is 2. The normalized spacial score (nSPS) is 17.1. The summed E-state index contributed by atoms with van der Waals surface area (Å²) in [5.74, 6) is 0.0173. The number of primary amides is 1. The van der Waals surface area contributed by atoms with E-state index in [9.17, 15) is 9.59 Å². The van der Waals surface area contributed by atoms with E-state index in [0.717, 1.165) is 24.9 Å². The Bertz CT molecular complexity index is 883. The fourth-order valence-electron chi connectivity index (χ4n) is 3.44. The van der Waals surface area contributed by atoms with Crippen molar-refractivity contribution in [1.82, 2.24) is 4.90 Å². The number of rotatable bonds is 7. The van der Waals surface area contributed by atoms with Gasteiger partial charge in [-0.1, -0.05) is 23.7 Å². The van der Waals surface area contributed by atoms with E-state index in [0.29, 0.717) is 23.0 Å². The molecule has 6 nitrogen and oxygen atoms in total. The molecule has 1 atom stereocenters. The number of anilines is 1. The summed E-state index contributed by atoms with van der Waals surface area (Å²) in [5, 5.41) is 3.52. The molecule has 0 spiro atoms. The highest BCUT2D eigenvalue weighted by atomic mass is 35.5. The lowest BCUT2D eigenvalue weighted by Crippen LogP contribution is -2.42. The Balaban J connectivity index is 1.65. The first-order chi connectivity index (χ1) is 13.7. The molecule has 0 bridgehead atoms. The van der Waals surface area contributed by atoms with Crippen LogP contribution in [0.3, 0.4) is 0 Å². The summed E-state index contributed by atoms with van der Waals surface area (Å²) in [6.07, 6.45) is 1.75. The Hall–Kier alpha value is -2.57. The topological polar surface area (TPSA) is 84.7 Å².